The molecule has 1 unspecified atom stereocenters. The van der Waals surface area contributed by atoms with Crippen LogP contribution in [0.2, 0.25) is 0 Å². The van der Waals surface area contributed by atoms with Gasteiger partial charge in [0.1, 0.15) is 0 Å². The Balaban J connectivity index is 1.58. The van der Waals surface area contributed by atoms with Crippen LogP contribution in [0.1, 0.15) is 26.2 Å². The van der Waals surface area contributed by atoms with Crippen molar-refractivity contribution in [1.82, 2.24) is 15.0 Å². The van der Waals surface area contributed by atoms with Gasteiger partial charge in [-0.3, -0.25) is 4.79 Å². The number of carbonyl (C=O) groups is 1. The topological polar surface area (TPSA) is 59.2 Å². The summed E-state index contributed by atoms with van der Waals surface area (Å²) < 4.78 is 5.21. The summed E-state index contributed by atoms with van der Waals surface area (Å²) in [5, 5.41) is 4.40. The van der Waals surface area contributed by atoms with Crippen LogP contribution in [0.4, 0.5) is 0 Å². The molecule has 6 heteroatoms. The smallest absolute Gasteiger partial charge is 0.286 e. The highest BCUT2D eigenvalue weighted by atomic mass is 32.2. The van der Waals surface area contributed by atoms with Crippen LogP contribution in [0.25, 0.3) is 11.4 Å². The molecular formula is C16H19N3O2S. The summed E-state index contributed by atoms with van der Waals surface area (Å²) in [6, 6.07) is 10.0. The largest absolute Gasteiger partial charge is 0.339 e. The minimum absolute atomic E-state index is 0.150. The van der Waals surface area contributed by atoms with Gasteiger partial charge in [-0.1, -0.05) is 47.3 Å². The van der Waals surface area contributed by atoms with Crippen LogP contribution in [0.5, 0.6) is 0 Å². The van der Waals surface area contributed by atoms with Crippen molar-refractivity contribution in [2.45, 2.75) is 37.5 Å². The molecule has 1 atom stereocenters. The number of likely N-dealkylation sites (tertiary alicyclic amines) is 1. The van der Waals surface area contributed by atoms with Crippen LogP contribution >= 0.6 is 11.8 Å². The lowest BCUT2D eigenvalue weighted by Crippen LogP contribution is -2.42. The molecule has 0 aliphatic carbocycles. The Labute approximate surface area is 134 Å². The van der Waals surface area contributed by atoms with E-state index in [9.17, 15) is 4.79 Å². The van der Waals surface area contributed by atoms with Gasteiger partial charge in [0.15, 0.2) is 0 Å². The Hall–Kier alpha value is -1.82. The van der Waals surface area contributed by atoms with E-state index in [0.717, 1.165) is 24.9 Å². The molecule has 2 aromatic rings. The molecule has 0 radical (unpaired) electrons. The fourth-order valence-electron chi connectivity index (χ4n) is 2.65. The van der Waals surface area contributed by atoms with Gasteiger partial charge in [-0.2, -0.15) is 4.98 Å². The van der Waals surface area contributed by atoms with E-state index in [4.69, 9.17) is 4.52 Å². The molecule has 1 fully saturated rings. The summed E-state index contributed by atoms with van der Waals surface area (Å²) in [5.41, 5.74) is 0.911. The molecular weight excluding hydrogens is 298 g/mol. The van der Waals surface area contributed by atoms with Crippen molar-refractivity contribution in [3.8, 4) is 11.4 Å². The quantitative estimate of drug-likeness (QED) is 0.810. The highest BCUT2D eigenvalue weighted by molar-refractivity contribution is 7.99. The van der Waals surface area contributed by atoms with E-state index in [-0.39, 0.29) is 5.91 Å². The van der Waals surface area contributed by atoms with Gasteiger partial charge < -0.3 is 9.42 Å². The van der Waals surface area contributed by atoms with E-state index >= 15 is 0 Å². The Morgan fingerprint density at radius 3 is 2.95 bits per heavy atom. The number of aromatic nitrogens is 2. The summed E-state index contributed by atoms with van der Waals surface area (Å²) in [6.45, 7) is 2.97. The molecule has 1 amide bonds. The van der Waals surface area contributed by atoms with Gasteiger partial charge >= 0.3 is 0 Å². The molecule has 0 N–H and O–H groups in total. The second-order valence-corrected chi connectivity index (χ2v) is 6.40. The summed E-state index contributed by atoms with van der Waals surface area (Å²) in [6.07, 6.45) is 3.40. The van der Waals surface area contributed by atoms with E-state index in [1.165, 1.54) is 18.2 Å². The summed E-state index contributed by atoms with van der Waals surface area (Å²) in [5.74, 6) is 1.05. The second kappa shape index (κ2) is 6.96. The minimum atomic E-state index is 0.150. The Bertz CT molecular complexity index is 629. The molecule has 1 aromatic heterocycles. The van der Waals surface area contributed by atoms with Gasteiger partial charge in [-0.15, -0.1) is 0 Å². The lowest BCUT2D eigenvalue weighted by molar-refractivity contribution is -0.131. The molecule has 5 nitrogen and oxygen atoms in total. The first-order valence-electron chi connectivity index (χ1n) is 7.55. The lowest BCUT2D eigenvalue weighted by atomic mass is 10.0. The van der Waals surface area contributed by atoms with Crippen molar-refractivity contribution in [2.75, 3.05) is 12.3 Å². The van der Waals surface area contributed by atoms with Gasteiger partial charge in [0.25, 0.3) is 5.22 Å². The number of rotatable bonds is 4. The van der Waals surface area contributed by atoms with Crippen LogP contribution in [0.3, 0.4) is 0 Å². The van der Waals surface area contributed by atoms with Crippen molar-refractivity contribution >= 4 is 17.7 Å². The zero-order valence-electron chi connectivity index (χ0n) is 12.6. The third-order valence-electron chi connectivity index (χ3n) is 3.88. The number of amides is 1. The summed E-state index contributed by atoms with van der Waals surface area (Å²) >= 11 is 1.31. The van der Waals surface area contributed by atoms with Crippen molar-refractivity contribution in [3.05, 3.63) is 30.3 Å². The van der Waals surface area contributed by atoms with Gasteiger partial charge in [0.05, 0.1) is 5.75 Å². The second-order valence-electron chi connectivity index (χ2n) is 5.47. The highest BCUT2D eigenvalue weighted by Crippen LogP contribution is 2.23. The summed E-state index contributed by atoms with van der Waals surface area (Å²) in [7, 11) is 0. The molecule has 1 aliphatic heterocycles. The Morgan fingerprint density at radius 1 is 1.36 bits per heavy atom. The summed E-state index contributed by atoms with van der Waals surface area (Å²) in [4.78, 5) is 18.6. The first kappa shape index (κ1) is 15.1. The van der Waals surface area contributed by atoms with E-state index in [1.807, 2.05) is 35.2 Å². The monoisotopic (exact) mass is 317 g/mol. The van der Waals surface area contributed by atoms with E-state index in [0.29, 0.717) is 22.8 Å². The number of carbonyl (C=O) groups excluding carboxylic acids is 1. The number of benzene rings is 1. The third kappa shape index (κ3) is 3.50. The fourth-order valence-corrected chi connectivity index (χ4v) is 3.30. The standard InChI is InChI=1S/C16H19N3O2S/c1-12-7-5-6-10-19(12)14(20)11-22-16-17-15(18-21-16)13-8-3-2-4-9-13/h2-4,8-9,12H,5-7,10-11H2,1H3. The lowest BCUT2D eigenvalue weighted by Gasteiger charge is -2.33. The van der Waals surface area contributed by atoms with Gasteiger partial charge in [0, 0.05) is 18.2 Å². The van der Waals surface area contributed by atoms with Gasteiger partial charge in [0.2, 0.25) is 11.7 Å². The molecule has 1 aliphatic rings. The molecule has 0 spiro atoms. The van der Waals surface area contributed by atoms with Crippen LogP contribution < -0.4 is 0 Å². The molecule has 3 rings (SSSR count). The van der Waals surface area contributed by atoms with Crippen LogP contribution in [-0.2, 0) is 4.79 Å². The number of hydrogen-bond donors (Lipinski definition) is 0. The normalized spacial score (nSPS) is 18.4. The highest BCUT2D eigenvalue weighted by Gasteiger charge is 2.23. The van der Waals surface area contributed by atoms with Crippen LogP contribution in [-0.4, -0.2) is 39.3 Å². The maximum absolute atomic E-state index is 12.3. The number of thioether (sulfide) groups is 1. The minimum Gasteiger partial charge on any atom is -0.339 e. The van der Waals surface area contributed by atoms with Gasteiger partial charge in [-0.05, 0) is 26.2 Å². The first-order chi connectivity index (χ1) is 10.7. The van der Waals surface area contributed by atoms with E-state index in [1.54, 1.807) is 0 Å². The fraction of sp³-hybridized carbons (Fsp3) is 0.438. The van der Waals surface area contributed by atoms with Crippen LogP contribution in [0.15, 0.2) is 40.1 Å². The predicted octanol–water partition coefficient (Wildman–Crippen LogP) is 3.23. The molecule has 116 valence electrons. The number of piperidine rings is 1. The molecule has 1 aromatic carbocycles. The molecule has 0 bridgehead atoms. The molecule has 0 saturated carbocycles. The van der Waals surface area contributed by atoms with Crippen molar-refractivity contribution in [3.63, 3.8) is 0 Å². The third-order valence-corrected chi connectivity index (χ3v) is 4.69. The zero-order chi connectivity index (χ0) is 15.4. The van der Waals surface area contributed by atoms with Gasteiger partial charge in [-0.25, -0.2) is 0 Å². The molecule has 1 saturated heterocycles. The van der Waals surface area contributed by atoms with Crippen molar-refractivity contribution < 1.29 is 9.32 Å². The Kier molecular flexibility index (Phi) is 4.77. The van der Waals surface area contributed by atoms with Crippen molar-refractivity contribution in [2.24, 2.45) is 0 Å². The SMILES string of the molecule is CC1CCCCN1C(=O)CSc1nc(-c2ccccc2)no1. The number of nitrogens with zero attached hydrogens (tertiary/aromatic N) is 3. The van der Waals surface area contributed by atoms with Crippen LogP contribution in [0, 0.1) is 0 Å². The molecule has 2 heterocycles. The average molecular weight is 317 g/mol. The molecule has 22 heavy (non-hydrogen) atoms. The van der Waals surface area contributed by atoms with Crippen molar-refractivity contribution in [1.29, 1.82) is 0 Å². The number of hydrogen-bond acceptors (Lipinski definition) is 5. The average Bonchev–Trinajstić information content (AvgIpc) is 3.03. The maximum atomic E-state index is 12.3. The maximum Gasteiger partial charge on any atom is 0.286 e. The Morgan fingerprint density at radius 2 is 2.18 bits per heavy atom. The predicted molar refractivity (Wildman–Crippen MR) is 85.5 cm³/mol. The zero-order valence-corrected chi connectivity index (χ0v) is 13.4. The van der Waals surface area contributed by atoms with E-state index < -0.39 is 0 Å². The van der Waals surface area contributed by atoms with E-state index in [2.05, 4.69) is 17.1 Å². The first-order valence-corrected chi connectivity index (χ1v) is 8.54.